The van der Waals surface area contributed by atoms with Gasteiger partial charge in [-0.05, 0) is 38.8 Å². The lowest BCUT2D eigenvalue weighted by Gasteiger charge is -2.16. The van der Waals surface area contributed by atoms with Gasteiger partial charge in [0.1, 0.15) is 5.75 Å². The van der Waals surface area contributed by atoms with E-state index >= 15 is 0 Å². The molecule has 1 aromatic carbocycles. The Balaban J connectivity index is 1.91. The highest BCUT2D eigenvalue weighted by Gasteiger charge is 2.17. The van der Waals surface area contributed by atoms with Crippen molar-refractivity contribution in [2.45, 2.75) is 51.7 Å². The van der Waals surface area contributed by atoms with Crippen LogP contribution in [0.15, 0.2) is 18.2 Å². The first-order valence-corrected chi connectivity index (χ1v) is 7.27. The molecule has 4 heteroatoms. The van der Waals surface area contributed by atoms with Gasteiger partial charge in [-0.15, -0.1) is 0 Å². The molecule has 0 unspecified atom stereocenters. The van der Waals surface area contributed by atoms with Crippen LogP contribution in [0.4, 0.5) is 0 Å². The molecule has 1 aliphatic carbocycles. The Labute approximate surface area is 120 Å². The number of benzene rings is 1. The zero-order valence-corrected chi connectivity index (χ0v) is 12.2. The molecule has 1 aliphatic rings. The van der Waals surface area contributed by atoms with Gasteiger partial charge in [0, 0.05) is 11.6 Å². The van der Waals surface area contributed by atoms with Crippen LogP contribution in [0.5, 0.6) is 5.75 Å². The van der Waals surface area contributed by atoms with Crippen LogP contribution in [-0.4, -0.2) is 23.7 Å². The molecule has 2 N–H and O–H groups in total. The summed E-state index contributed by atoms with van der Waals surface area (Å²) in [4.78, 5) is 11.8. The summed E-state index contributed by atoms with van der Waals surface area (Å²) in [6.07, 6.45) is 3.90. The molecule has 1 atom stereocenters. The largest absolute Gasteiger partial charge is 0.483 e. The lowest BCUT2D eigenvalue weighted by atomic mass is 10.1. The van der Waals surface area contributed by atoms with Crippen molar-refractivity contribution in [1.29, 1.82) is 0 Å². The summed E-state index contributed by atoms with van der Waals surface area (Å²) in [7, 11) is 0. The highest BCUT2D eigenvalue weighted by Crippen LogP contribution is 2.26. The van der Waals surface area contributed by atoms with Gasteiger partial charge in [-0.2, -0.15) is 0 Å². The molecule has 0 bridgehead atoms. The first-order chi connectivity index (χ1) is 9.56. The molecule has 1 fully saturated rings. The van der Waals surface area contributed by atoms with Crippen LogP contribution >= 0.6 is 0 Å². The number of hydrogen-bond donors (Lipinski definition) is 2. The Kier molecular flexibility index (Phi) is 5.01. The van der Waals surface area contributed by atoms with Crippen LogP contribution in [0.2, 0.25) is 0 Å². The van der Waals surface area contributed by atoms with Crippen molar-refractivity contribution in [3.63, 3.8) is 0 Å². The normalized spacial score (nSPS) is 16.9. The number of aryl methyl sites for hydroxylation is 1. The molecule has 0 spiro atoms. The molecule has 1 amide bonds. The fourth-order valence-electron chi connectivity index (χ4n) is 2.61. The van der Waals surface area contributed by atoms with E-state index in [0.717, 1.165) is 24.0 Å². The van der Waals surface area contributed by atoms with Crippen LogP contribution in [0.3, 0.4) is 0 Å². The summed E-state index contributed by atoms with van der Waals surface area (Å²) in [5.41, 5.74) is 1.78. The second kappa shape index (κ2) is 6.75. The van der Waals surface area contributed by atoms with Crippen molar-refractivity contribution in [2.24, 2.45) is 0 Å². The molecule has 1 aromatic rings. The molecular weight excluding hydrogens is 254 g/mol. The summed E-state index contributed by atoms with van der Waals surface area (Å²) in [6, 6.07) is 5.91. The molecule has 0 radical (unpaired) electrons. The van der Waals surface area contributed by atoms with E-state index in [4.69, 9.17) is 4.74 Å². The van der Waals surface area contributed by atoms with Crippen LogP contribution in [0.25, 0.3) is 0 Å². The summed E-state index contributed by atoms with van der Waals surface area (Å²) < 4.78 is 5.55. The van der Waals surface area contributed by atoms with E-state index < -0.39 is 6.10 Å². The minimum Gasteiger partial charge on any atom is -0.483 e. The van der Waals surface area contributed by atoms with Crippen molar-refractivity contribution in [1.82, 2.24) is 5.32 Å². The lowest BCUT2D eigenvalue weighted by Crippen LogP contribution is -2.36. The van der Waals surface area contributed by atoms with Crippen molar-refractivity contribution in [2.75, 3.05) is 6.61 Å². The third-order valence-electron chi connectivity index (χ3n) is 3.69. The number of amides is 1. The second-order valence-electron chi connectivity index (χ2n) is 5.55. The van der Waals surface area contributed by atoms with Crippen molar-refractivity contribution >= 4 is 5.91 Å². The number of nitrogens with one attached hydrogen (secondary N) is 1. The maximum absolute atomic E-state index is 11.8. The minimum absolute atomic E-state index is 0.000713. The third kappa shape index (κ3) is 3.97. The zero-order chi connectivity index (χ0) is 14.5. The van der Waals surface area contributed by atoms with E-state index in [-0.39, 0.29) is 12.5 Å². The Morgan fingerprint density at radius 2 is 2.15 bits per heavy atom. The molecule has 0 saturated heterocycles. The van der Waals surface area contributed by atoms with E-state index in [2.05, 4.69) is 5.32 Å². The fraction of sp³-hybridized carbons (Fsp3) is 0.562. The number of carbonyl (C=O) groups is 1. The van der Waals surface area contributed by atoms with E-state index in [1.54, 1.807) is 13.0 Å². The van der Waals surface area contributed by atoms with Crippen LogP contribution < -0.4 is 10.1 Å². The molecule has 2 rings (SSSR count). The molecular formula is C16H23NO3. The first-order valence-electron chi connectivity index (χ1n) is 7.27. The summed E-state index contributed by atoms with van der Waals surface area (Å²) in [5, 5.41) is 12.7. The molecule has 0 aliphatic heterocycles. The zero-order valence-electron chi connectivity index (χ0n) is 12.2. The number of carbonyl (C=O) groups excluding carboxylic acids is 1. The first kappa shape index (κ1) is 14.9. The fourth-order valence-corrected chi connectivity index (χ4v) is 2.61. The topological polar surface area (TPSA) is 58.6 Å². The maximum Gasteiger partial charge on any atom is 0.258 e. The van der Waals surface area contributed by atoms with Crippen LogP contribution in [0.1, 0.15) is 49.8 Å². The van der Waals surface area contributed by atoms with Crippen molar-refractivity contribution in [3.05, 3.63) is 29.3 Å². The maximum atomic E-state index is 11.8. The Morgan fingerprint density at radius 3 is 2.80 bits per heavy atom. The van der Waals surface area contributed by atoms with Gasteiger partial charge in [0.05, 0.1) is 6.10 Å². The third-order valence-corrected chi connectivity index (χ3v) is 3.69. The number of aliphatic hydroxyl groups is 1. The van der Waals surface area contributed by atoms with Crippen LogP contribution in [-0.2, 0) is 4.79 Å². The van der Waals surface area contributed by atoms with E-state index in [1.807, 2.05) is 19.1 Å². The predicted molar refractivity (Wildman–Crippen MR) is 77.7 cm³/mol. The second-order valence-corrected chi connectivity index (χ2v) is 5.55. The highest BCUT2D eigenvalue weighted by atomic mass is 16.5. The molecule has 20 heavy (non-hydrogen) atoms. The SMILES string of the molecule is Cc1ccc(OCC(=O)NC2CCCC2)c([C@H](C)O)c1. The van der Waals surface area contributed by atoms with Gasteiger partial charge in [0.25, 0.3) is 5.91 Å². The average Bonchev–Trinajstić information content (AvgIpc) is 2.90. The number of aliphatic hydroxyl groups excluding tert-OH is 1. The van der Waals surface area contributed by atoms with Gasteiger partial charge in [0.15, 0.2) is 6.61 Å². The number of ether oxygens (including phenoxy) is 1. The van der Waals surface area contributed by atoms with Gasteiger partial charge < -0.3 is 15.2 Å². The molecule has 0 heterocycles. The monoisotopic (exact) mass is 277 g/mol. The molecule has 0 aromatic heterocycles. The lowest BCUT2D eigenvalue weighted by molar-refractivity contribution is -0.123. The van der Waals surface area contributed by atoms with Crippen molar-refractivity contribution < 1.29 is 14.6 Å². The number of rotatable bonds is 5. The van der Waals surface area contributed by atoms with Gasteiger partial charge in [-0.3, -0.25) is 4.79 Å². The van der Waals surface area contributed by atoms with Crippen LogP contribution in [0, 0.1) is 6.92 Å². The predicted octanol–water partition coefficient (Wildman–Crippen LogP) is 2.49. The Morgan fingerprint density at radius 1 is 1.45 bits per heavy atom. The standard InChI is InChI=1S/C16H23NO3/c1-11-7-8-15(14(9-11)12(2)18)20-10-16(19)17-13-5-3-4-6-13/h7-9,12-13,18H,3-6,10H2,1-2H3,(H,17,19)/t12-/m0/s1. The quantitative estimate of drug-likeness (QED) is 0.869. The average molecular weight is 277 g/mol. The van der Waals surface area contributed by atoms with Gasteiger partial charge in [-0.1, -0.05) is 24.5 Å². The Bertz CT molecular complexity index is 465. The Hall–Kier alpha value is -1.55. The van der Waals surface area contributed by atoms with E-state index in [0.29, 0.717) is 11.8 Å². The summed E-state index contributed by atoms with van der Waals surface area (Å²) >= 11 is 0. The smallest absolute Gasteiger partial charge is 0.258 e. The number of hydrogen-bond acceptors (Lipinski definition) is 3. The van der Waals surface area contributed by atoms with Gasteiger partial charge in [-0.25, -0.2) is 0 Å². The van der Waals surface area contributed by atoms with Gasteiger partial charge >= 0.3 is 0 Å². The minimum atomic E-state index is -0.609. The highest BCUT2D eigenvalue weighted by molar-refractivity contribution is 5.77. The summed E-state index contributed by atoms with van der Waals surface area (Å²) in [5.74, 6) is 0.487. The van der Waals surface area contributed by atoms with Gasteiger partial charge in [0.2, 0.25) is 0 Å². The molecule has 1 saturated carbocycles. The van der Waals surface area contributed by atoms with E-state index in [1.165, 1.54) is 12.8 Å². The summed E-state index contributed by atoms with van der Waals surface area (Å²) in [6.45, 7) is 3.65. The molecule has 110 valence electrons. The van der Waals surface area contributed by atoms with Crippen molar-refractivity contribution in [3.8, 4) is 5.75 Å². The molecule has 4 nitrogen and oxygen atoms in total. The van der Waals surface area contributed by atoms with E-state index in [9.17, 15) is 9.90 Å².